The molecule has 0 aromatic carbocycles. The number of pyridine rings is 1. The highest BCUT2D eigenvalue weighted by Crippen LogP contribution is 2.15. The molecule has 0 unspecified atom stereocenters. The number of hydrogen-bond acceptors (Lipinski definition) is 2. The van der Waals surface area contributed by atoms with Crippen LogP contribution in [0.25, 0.3) is 0 Å². The Kier molecular flexibility index (Phi) is 1.25. The molecule has 0 saturated heterocycles. The highest BCUT2D eigenvalue weighted by Gasteiger charge is 2.11. The lowest BCUT2D eigenvalue weighted by molar-refractivity contribution is 0.251. The predicted octanol–water partition coefficient (Wildman–Crippen LogP) is 0.717. The van der Waals surface area contributed by atoms with Crippen molar-refractivity contribution in [1.82, 2.24) is 10.3 Å². The van der Waals surface area contributed by atoms with Gasteiger partial charge < -0.3 is 10.6 Å². The molecule has 1 aromatic rings. The maximum atomic E-state index is 10.8. The van der Waals surface area contributed by atoms with E-state index >= 15 is 0 Å². The van der Waals surface area contributed by atoms with Crippen LogP contribution in [0.4, 0.5) is 10.5 Å². The fourth-order valence-electron chi connectivity index (χ4n) is 1.03. The normalized spacial score (nSPS) is 14.7. The van der Waals surface area contributed by atoms with Crippen molar-refractivity contribution in [2.75, 3.05) is 5.32 Å². The van der Waals surface area contributed by atoms with Crippen LogP contribution >= 0.6 is 0 Å². The van der Waals surface area contributed by atoms with Crippen molar-refractivity contribution >= 4 is 11.7 Å². The number of hydrogen-bond donors (Lipinski definition) is 2. The van der Waals surface area contributed by atoms with Crippen molar-refractivity contribution in [2.45, 2.75) is 6.54 Å². The molecule has 56 valence electrons. The van der Waals surface area contributed by atoms with E-state index in [2.05, 4.69) is 15.6 Å². The number of aromatic nitrogens is 1. The minimum atomic E-state index is -0.162. The zero-order chi connectivity index (χ0) is 7.68. The van der Waals surface area contributed by atoms with Crippen LogP contribution in [-0.4, -0.2) is 11.0 Å². The standard InChI is InChI=1S/C7H7N3O/c11-7-9-3-5-1-2-8-4-6(5)10-7/h1-2,4H,3H2,(H2,9,10,11). The molecule has 0 saturated carbocycles. The van der Waals surface area contributed by atoms with E-state index in [0.717, 1.165) is 11.3 Å². The first kappa shape index (κ1) is 6.15. The first-order valence-electron chi connectivity index (χ1n) is 3.34. The highest BCUT2D eigenvalue weighted by molar-refractivity contribution is 5.91. The quantitative estimate of drug-likeness (QED) is 0.571. The molecular formula is C7H7N3O. The predicted molar refractivity (Wildman–Crippen MR) is 40.1 cm³/mol. The molecule has 0 bridgehead atoms. The summed E-state index contributed by atoms with van der Waals surface area (Å²) in [5, 5.41) is 5.31. The van der Waals surface area contributed by atoms with Crippen molar-refractivity contribution in [2.24, 2.45) is 0 Å². The van der Waals surface area contributed by atoms with Gasteiger partial charge in [-0.1, -0.05) is 0 Å². The van der Waals surface area contributed by atoms with E-state index in [9.17, 15) is 4.79 Å². The molecule has 2 amide bonds. The smallest absolute Gasteiger partial charge is 0.319 e. The zero-order valence-electron chi connectivity index (χ0n) is 5.79. The lowest BCUT2D eigenvalue weighted by atomic mass is 10.2. The first-order chi connectivity index (χ1) is 5.36. The maximum absolute atomic E-state index is 10.8. The Morgan fingerprint density at radius 3 is 3.36 bits per heavy atom. The molecule has 0 spiro atoms. The van der Waals surface area contributed by atoms with E-state index in [1.807, 2.05) is 6.07 Å². The third-order valence-corrected chi connectivity index (χ3v) is 1.60. The second-order valence-electron chi connectivity index (χ2n) is 2.34. The molecule has 11 heavy (non-hydrogen) atoms. The summed E-state index contributed by atoms with van der Waals surface area (Å²) < 4.78 is 0. The second kappa shape index (κ2) is 2.23. The monoisotopic (exact) mass is 149 g/mol. The van der Waals surface area contributed by atoms with Crippen LogP contribution in [0.3, 0.4) is 0 Å². The minimum absolute atomic E-state index is 0.162. The first-order valence-corrected chi connectivity index (χ1v) is 3.34. The Morgan fingerprint density at radius 1 is 1.55 bits per heavy atom. The Balaban J connectivity index is 2.41. The van der Waals surface area contributed by atoms with Gasteiger partial charge in [-0.2, -0.15) is 0 Å². The topological polar surface area (TPSA) is 54.0 Å². The maximum Gasteiger partial charge on any atom is 0.319 e. The van der Waals surface area contributed by atoms with Crippen molar-refractivity contribution in [3.05, 3.63) is 24.0 Å². The van der Waals surface area contributed by atoms with Crippen LogP contribution in [0.15, 0.2) is 18.5 Å². The molecule has 4 heteroatoms. The second-order valence-corrected chi connectivity index (χ2v) is 2.34. The van der Waals surface area contributed by atoms with Gasteiger partial charge >= 0.3 is 6.03 Å². The van der Waals surface area contributed by atoms with Crippen LogP contribution in [0.2, 0.25) is 0 Å². The van der Waals surface area contributed by atoms with E-state index in [-0.39, 0.29) is 6.03 Å². The third kappa shape index (κ3) is 1.02. The average Bonchev–Trinajstić information content (AvgIpc) is 2.04. The van der Waals surface area contributed by atoms with Crippen LogP contribution in [0.1, 0.15) is 5.56 Å². The van der Waals surface area contributed by atoms with E-state index in [1.165, 1.54) is 0 Å². The molecule has 0 radical (unpaired) electrons. The van der Waals surface area contributed by atoms with Crippen LogP contribution in [-0.2, 0) is 6.54 Å². The molecule has 1 aromatic heterocycles. The molecule has 2 heterocycles. The number of fused-ring (bicyclic) bond motifs is 1. The number of urea groups is 1. The van der Waals surface area contributed by atoms with Crippen molar-refractivity contribution in [3.63, 3.8) is 0 Å². The van der Waals surface area contributed by atoms with Crippen molar-refractivity contribution in [3.8, 4) is 0 Å². The fraction of sp³-hybridized carbons (Fsp3) is 0.143. The minimum Gasteiger partial charge on any atom is -0.334 e. The number of carbonyl (C=O) groups is 1. The molecule has 2 N–H and O–H groups in total. The van der Waals surface area contributed by atoms with Gasteiger partial charge in [-0.15, -0.1) is 0 Å². The number of nitrogens with one attached hydrogen (secondary N) is 2. The van der Waals surface area contributed by atoms with Gasteiger partial charge in [0.2, 0.25) is 0 Å². The van der Waals surface area contributed by atoms with Crippen LogP contribution < -0.4 is 10.6 Å². The molecule has 4 nitrogen and oxygen atoms in total. The largest absolute Gasteiger partial charge is 0.334 e. The summed E-state index contributed by atoms with van der Waals surface area (Å²) in [4.78, 5) is 14.7. The van der Waals surface area contributed by atoms with Gasteiger partial charge in [-0.05, 0) is 11.6 Å². The van der Waals surface area contributed by atoms with Gasteiger partial charge in [0, 0.05) is 12.7 Å². The highest BCUT2D eigenvalue weighted by atomic mass is 16.2. The molecule has 2 rings (SSSR count). The van der Waals surface area contributed by atoms with Crippen LogP contribution in [0, 0.1) is 0 Å². The van der Waals surface area contributed by atoms with Gasteiger partial charge in [0.15, 0.2) is 0 Å². The SMILES string of the molecule is O=C1NCc2ccncc2N1. The van der Waals surface area contributed by atoms with Gasteiger partial charge in [-0.3, -0.25) is 4.98 Å². The molecule has 1 aliphatic rings. The summed E-state index contributed by atoms with van der Waals surface area (Å²) in [7, 11) is 0. The van der Waals surface area contributed by atoms with E-state index in [0.29, 0.717) is 6.54 Å². The molecule has 0 fully saturated rings. The fourth-order valence-corrected chi connectivity index (χ4v) is 1.03. The van der Waals surface area contributed by atoms with E-state index < -0.39 is 0 Å². The summed E-state index contributed by atoms with van der Waals surface area (Å²) in [6.45, 7) is 0.587. The number of nitrogens with zero attached hydrogens (tertiary/aromatic N) is 1. The molecule has 0 aliphatic carbocycles. The lowest BCUT2D eigenvalue weighted by Gasteiger charge is -2.16. The Labute approximate surface area is 63.6 Å². The Hall–Kier alpha value is -1.58. The lowest BCUT2D eigenvalue weighted by Crippen LogP contribution is -2.33. The zero-order valence-corrected chi connectivity index (χ0v) is 5.79. The Morgan fingerprint density at radius 2 is 2.45 bits per heavy atom. The summed E-state index contributed by atoms with van der Waals surface area (Å²) in [6.07, 6.45) is 3.35. The summed E-state index contributed by atoms with van der Waals surface area (Å²) in [5.41, 5.74) is 1.87. The number of rotatable bonds is 0. The Bertz CT molecular complexity index is 297. The number of anilines is 1. The van der Waals surface area contributed by atoms with Gasteiger partial charge in [-0.25, -0.2) is 4.79 Å². The number of amides is 2. The molecule has 0 atom stereocenters. The summed E-state index contributed by atoms with van der Waals surface area (Å²) in [6, 6.07) is 1.72. The van der Waals surface area contributed by atoms with Crippen molar-refractivity contribution in [1.29, 1.82) is 0 Å². The molecule has 1 aliphatic heterocycles. The molecular weight excluding hydrogens is 142 g/mol. The number of carbonyl (C=O) groups excluding carboxylic acids is 1. The average molecular weight is 149 g/mol. The van der Waals surface area contributed by atoms with Gasteiger partial charge in [0.05, 0.1) is 11.9 Å². The van der Waals surface area contributed by atoms with Crippen LogP contribution in [0.5, 0.6) is 0 Å². The third-order valence-electron chi connectivity index (χ3n) is 1.60. The summed E-state index contributed by atoms with van der Waals surface area (Å²) >= 11 is 0. The van der Waals surface area contributed by atoms with E-state index in [4.69, 9.17) is 0 Å². The van der Waals surface area contributed by atoms with Gasteiger partial charge in [0.1, 0.15) is 0 Å². The summed E-state index contributed by atoms with van der Waals surface area (Å²) in [5.74, 6) is 0. The van der Waals surface area contributed by atoms with E-state index in [1.54, 1.807) is 12.4 Å². The van der Waals surface area contributed by atoms with Gasteiger partial charge in [0.25, 0.3) is 0 Å². The van der Waals surface area contributed by atoms with Crippen molar-refractivity contribution < 1.29 is 4.79 Å².